The van der Waals surface area contributed by atoms with Crippen LogP contribution in [0.25, 0.3) is 0 Å². The number of hydrogen-bond donors (Lipinski definition) is 2. The molecule has 0 saturated heterocycles. The molecule has 0 fully saturated rings. The molecule has 0 aromatic heterocycles. The van der Waals surface area contributed by atoms with Crippen molar-refractivity contribution in [3.8, 4) is 0 Å². The van der Waals surface area contributed by atoms with Crippen molar-refractivity contribution in [1.29, 1.82) is 0 Å². The Bertz CT molecular complexity index is 189. The average Bonchev–Trinajstić information content (AvgIpc) is 2.04. The molecule has 3 heteroatoms. The number of allylic oxidation sites excluding steroid dienone is 1. The van der Waals surface area contributed by atoms with Gasteiger partial charge in [-0.2, -0.15) is 0 Å². The van der Waals surface area contributed by atoms with E-state index in [4.69, 9.17) is 0 Å². The number of nitrogens with one attached hydrogen (secondary N) is 1. The first-order chi connectivity index (χ1) is 5.72. The topological polar surface area (TPSA) is 49.3 Å². The molecule has 68 valence electrons. The van der Waals surface area contributed by atoms with Crippen molar-refractivity contribution in [3.63, 3.8) is 0 Å². The first kappa shape index (κ1) is 9.26. The highest BCUT2D eigenvalue weighted by Crippen LogP contribution is 2.21. The Kier molecular flexibility index (Phi) is 3.29. The highest BCUT2D eigenvalue weighted by atomic mass is 16.3. The van der Waals surface area contributed by atoms with E-state index >= 15 is 0 Å². The van der Waals surface area contributed by atoms with E-state index in [1.165, 1.54) is 0 Å². The molecule has 12 heavy (non-hydrogen) atoms. The van der Waals surface area contributed by atoms with E-state index in [0.717, 1.165) is 6.42 Å². The number of carbonyl (C=O) groups is 1. The van der Waals surface area contributed by atoms with Crippen molar-refractivity contribution >= 4 is 5.91 Å². The lowest BCUT2D eigenvalue weighted by Gasteiger charge is -2.20. The van der Waals surface area contributed by atoms with Gasteiger partial charge < -0.3 is 10.4 Å². The molecule has 1 amide bonds. The van der Waals surface area contributed by atoms with Gasteiger partial charge in [-0.3, -0.25) is 4.79 Å². The van der Waals surface area contributed by atoms with Gasteiger partial charge >= 0.3 is 0 Å². The van der Waals surface area contributed by atoms with Crippen LogP contribution in [0, 0.1) is 5.92 Å². The molecule has 0 heterocycles. The standard InChI is InChI=1S/C9H15NO2/c1-10-9(12)6-7-3-2-4-8(11)5-7/h2,4,7-8,11H,3,5-6H2,1H3,(H,10,12). The highest BCUT2D eigenvalue weighted by Gasteiger charge is 2.17. The van der Waals surface area contributed by atoms with Crippen molar-refractivity contribution in [2.24, 2.45) is 5.92 Å². The predicted molar refractivity (Wildman–Crippen MR) is 46.6 cm³/mol. The van der Waals surface area contributed by atoms with Crippen LogP contribution in [0.4, 0.5) is 0 Å². The number of carbonyl (C=O) groups excluding carboxylic acids is 1. The van der Waals surface area contributed by atoms with E-state index in [0.29, 0.717) is 18.8 Å². The normalized spacial score (nSPS) is 28.5. The molecule has 1 aliphatic rings. The summed E-state index contributed by atoms with van der Waals surface area (Å²) < 4.78 is 0. The van der Waals surface area contributed by atoms with Crippen molar-refractivity contribution in [1.82, 2.24) is 5.32 Å². The summed E-state index contributed by atoms with van der Waals surface area (Å²) in [6.45, 7) is 0. The monoisotopic (exact) mass is 169 g/mol. The lowest BCUT2D eigenvalue weighted by molar-refractivity contribution is -0.121. The maximum absolute atomic E-state index is 11.0. The minimum atomic E-state index is -0.353. The fourth-order valence-corrected chi connectivity index (χ4v) is 1.48. The molecule has 1 rings (SSSR count). The zero-order valence-electron chi connectivity index (χ0n) is 7.29. The van der Waals surface area contributed by atoms with E-state index in [1.54, 1.807) is 13.1 Å². The molecule has 1 aliphatic carbocycles. The highest BCUT2D eigenvalue weighted by molar-refractivity contribution is 5.75. The van der Waals surface area contributed by atoms with Gasteiger partial charge in [0.25, 0.3) is 0 Å². The Hall–Kier alpha value is -0.830. The van der Waals surface area contributed by atoms with Crippen LogP contribution >= 0.6 is 0 Å². The largest absolute Gasteiger partial charge is 0.389 e. The third-order valence-corrected chi connectivity index (χ3v) is 2.16. The average molecular weight is 169 g/mol. The molecule has 2 unspecified atom stereocenters. The second kappa shape index (κ2) is 4.26. The number of rotatable bonds is 2. The molecule has 0 bridgehead atoms. The number of hydrogen-bond acceptors (Lipinski definition) is 2. The Balaban J connectivity index is 2.34. The Morgan fingerprint density at radius 3 is 3.08 bits per heavy atom. The first-order valence-corrected chi connectivity index (χ1v) is 4.27. The second-order valence-corrected chi connectivity index (χ2v) is 3.21. The van der Waals surface area contributed by atoms with Crippen molar-refractivity contribution < 1.29 is 9.90 Å². The molecule has 3 nitrogen and oxygen atoms in total. The van der Waals surface area contributed by atoms with Crippen LogP contribution in [0.5, 0.6) is 0 Å². The van der Waals surface area contributed by atoms with E-state index in [-0.39, 0.29) is 12.0 Å². The smallest absolute Gasteiger partial charge is 0.220 e. The van der Waals surface area contributed by atoms with Crippen LogP contribution in [-0.4, -0.2) is 24.2 Å². The van der Waals surface area contributed by atoms with Gasteiger partial charge in [0.15, 0.2) is 0 Å². The fraction of sp³-hybridized carbons (Fsp3) is 0.667. The third-order valence-electron chi connectivity index (χ3n) is 2.16. The maximum Gasteiger partial charge on any atom is 0.220 e. The number of amides is 1. The maximum atomic E-state index is 11.0. The number of aliphatic hydroxyl groups excluding tert-OH is 1. The summed E-state index contributed by atoms with van der Waals surface area (Å²) in [5, 5.41) is 11.8. The van der Waals surface area contributed by atoms with Gasteiger partial charge in [-0.25, -0.2) is 0 Å². The summed E-state index contributed by atoms with van der Waals surface area (Å²) >= 11 is 0. The van der Waals surface area contributed by atoms with E-state index in [9.17, 15) is 9.90 Å². The fourth-order valence-electron chi connectivity index (χ4n) is 1.48. The van der Waals surface area contributed by atoms with Gasteiger partial charge in [0.05, 0.1) is 6.10 Å². The molecule has 0 aromatic rings. The molecule has 0 aromatic carbocycles. The van der Waals surface area contributed by atoms with Crippen LogP contribution in [0.15, 0.2) is 12.2 Å². The quantitative estimate of drug-likeness (QED) is 0.590. The summed E-state index contributed by atoms with van der Waals surface area (Å²) in [6.07, 6.45) is 5.53. The SMILES string of the molecule is CNC(=O)CC1CC=CC(O)C1. The van der Waals surface area contributed by atoms with Gasteiger partial charge in [-0.05, 0) is 18.8 Å². The summed E-state index contributed by atoms with van der Waals surface area (Å²) in [5.41, 5.74) is 0. The van der Waals surface area contributed by atoms with Crippen LogP contribution < -0.4 is 5.32 Å². The van der Waals surface area contributed by atoms with Gasteiger partial charge in [0, 0.05) is 13.5 Å². The minimum Gasteiger partial charge on any atom is -0.389 e. The Morgan fingerprint density at radius 1 is 1.75 bits per heavy atom. The molecular formula is C9H15NO2. The van der Waals surface area contributed by atoms with Gasteiger partial charge in [-0.15, -0.1) is 0 Å². The molecule has 0 saturated carbocycles. The molecule has 0 aliphatic heterocycles. The molecule has 2 atom stereocenters. The van der Waals surface area contributed by atoms with Gasteiger partial charge in [-0.1, -0.05) is 12.2 Å². The molecule has 2 N–H and O–H groups in total. The summed E-state index contributed by atoms with van der Waals surface area (Å²) in [6, 6.07) is 0. The van der Waals surface area contributed by atoms with Crippen molar-refractivity contribution in [2.45, 2.75) is 25.4 Å². The van der Waals surface area contributed by atoms with Gasteiger partial charge in [0.1, 0.15) is 0 Å². The molecule has 0 radical (unpaired) electrons. The summed E-state index contributed by atoms with van der Waals surface area (Å²) in [7, 11) is 1.64. The minimum absolute atomic E-state index is 0.0579. The predicted octanol–water partition coefficient (Wildman–Crippen LogP) is 0.450. The summed E-state index contributed by atoms with van der Waals surface area (Å²) in [4.78, 5) is 11.0. The summed E-state index contributed by atoms with van der Waals surface area (Å²) in [5.74, 6) is 0.368. The molecule has 0 spiro atoms. The molecular weight excluding hydrogens is 154 g/mol. The Labute approximate surface area is 72.5 Å². The van der Waals surface area contributed by atoms with E-state index < -0.39 is 0 Å². The van der Waals surface area contributed by atoms with Crippen molar-refractivity contribution in [3.05, 3.63) is 12.2 Å². The van der Waals surface area contributed by atoms with Crippen LogP contribution in [-0.2, 0) is 4.79 Å². The van der Waals surface area contributed by atoms with Crippen LogP contribution in [0.2, 0.25) is 0 Å². The first-order valence-electron chi connectivity index (χ1n) is 4.27. The van der Waals surface area contributed by atoms with Crippen LogP contribution in [0.3, 0.4) is 0 Å². The second-order valence-electron chi connectivity index (χ2n) is 3.21. The lowest BCUT2D eigenvalue weighted by Crippen LogP contribution is -2.24. The zero-order chi connectivity index (χ0) is 8.97. The third kappa shape index (κ3) is 2.66. The van der Waals surface area contributed by atoms with Crippen molar-refractivity contribution in [2.75, 3.05) is 7.05 Å². The van der Waals surface area contributed by atoms with Gasteiger partial charge in [0.2, 0.25) is 5.91 Å². The Morgan fingerprint density at radius 2 is 2.50 bits per heavy atom. The van der Waals surface area contributed by atoms with E-state index in [2.05, 4.69) is 5.32 Å². The zero-order valence-corrected chi connectivity index (χ0v) is 7.29. The number of aliphatic hydroxyl groups is 1. The lowest BCUT2D eigenvalue weighted by atomic mass is 9.90. The van der Waals surface area contributed by atoms with Crippen LogP contribution in [0.1, 0.15) is 19.3 Å². The van der Waals surface area contributed by atoms with E-state index in [1.807, 2.05) is 6.08 Å².